The topological polar surface area (TPSA) is 0 Å². The van der Waals surface area contributed by atoms with Crippen molar-refractivity contribution in [1.82, 2.24) is 0 Å². The van der Waals surface area contributed by atoms with Crippen molar-refractivity contribution >= 4 is 24.0 Å². The number of rotatable bonds is 0. The molecule has 12 heavy (non-hydrogen) atoms. The van der Waals surface area contributed by atoms with Gasteiger partial charge in [0.1, 0.15) is 0 Å². The predicted molar refractivity (Wildman–Crippen MR) is 53.2 cm³/mol. The van der Waals surface area contributed by atoms with Gasteiger partial charge in [0.05, 0.1) is 0 Å². The second kappa shape index (κ2) is 14.0. The molecule has 0 fully saturated rings. The fourth-order valence-electron chi connectivity index (χ4n) is 0.367. The van der Waals surface area contributed by atoms with Crippen LogP contribution in [-0.4, -0.2) is 0 Å². The molecule has 1 aromatic rings. The predicted octanol–water partition coefficient (Wildman–Crippen LogP) is 3.79. The minimum absolute atomic E-state index is 0. The third-order valence-corrected chi connectivity index (χ3v) is 0.930. The van der Waals surface area contributed by atoms with Crippen LogP contribution in [0.4, 0.5) is 0 Å². The molecule has 0 amide bonds. The van der Waals surface area contributed by atoms with E-state index < -0.39 is 0 Å². The Morgan fingerprint density at radius 1 is 1.42 bits per heavy atom. The quantitative estimate of drug-likeness (QED) is 0.489. The van der Waals surface area contributed by atoms with E-state index in [1.807, 2.05) is 6.92 Å². The van der Waals surface area contributed by atoms with Crippen LogP contribution in [-0.2, 0) is 19.5 Å². The van der Waals surface area contributed by atoms with E-state index in [-0.39, 0.29) is 31.9 Å². The number of hydrogen-bond acceptors (Lipinski definition) is 0. The van der Waals surface area contributed by atoms with E-state index in [0.29, 0.717) is 0 Å². The summed E-state index contributed by atoms with van der Waals surface area (Å²) in [5.74, 6) is 0. The van der Waals surface area contributed by atoms with Gasteiger partial charge in [0.15, 0.2) is 0 Å². The van der Waals surface area contributed by atoms with Crippen molar-refractivity contribution in [2.45, 2.75) is 13.3 Å². The van der Waals surface area contributed by atoms with E-state index in [1.54, 1.807) is 24.3 Å². The SMILES string of the molecule is Cl.Clc1cc[c-]cc1.[CH2-]CC.[Zn+2]. The molecular formula is C9H12Cl2Zn. The summed E-state index contributed by atoms with van der Waals surface area (Å²) in [4.78, 5) is 0. The van der Waals surface area contributed by atoms with E-state index in [0.717, 1.165) is 11.4 Å². The first-order chi connectivity index (χ1) is 4.81. The van der Waals surface area contributed by atoms with Gasteiger partial charge < -0.3 is 6.92 Å². The molecule has 0 atom stereocenters. The smallest absolute Gasteiger partial charge is 0.344 e. The average molecular weight is 256 g/mol. The molecule has 0 N–H and O–H groups in total. The molecule has 0 spiro atoms. The molecule has 0 radical (unpaired) electrons. The summed E-state index contributed by atoms with van der Waals surface area (Å²) in [6.07, 6.45) is 1.00. The van der Waals surface area contributed by atoms with Crippen molar-refractivity contribution in [2.24, 2.45) is 0 Å². The number of halogens is 2. The zero-order valence-electron chi connectivity index (χ0n) is 7.22. The standard InChI is InChI=1S/C6H4Cl.C3H7.ClH.Zn/c7-6-4-2-1-3-5-6;1-3-2;;/h2-5H;1,3H2,2H3;1H;/q2*-1;;+2. The van der Waals surface area contributed by atoms with Crippen molar-refractivity contribution in [3.05, 3.63) is 42.3 Å². The molecular weight excluding hydrogens is 244 g/mol. The Bertz CT molecular complexity index is 154. The van der Waals surface area contributed by atoms with Crippen LogP contribution in [0.2, 0.25) is 5.02 Å². The molecule has 0 nitrogen and oxygen atoms in total. The third kappa shape index (κ3) is 13.0. The molecule has 0 aromatic heterocycles. The summed E-state index contributed by atoms with van der Waals surface area (Å²) in [5.41, 5.74) is 0. The maximum atomic E-state index is 5.52. The zero-order valence-corrected chi connectivity index (χ0v) is 11.8. The van der Waals surface area contributed by atoms with Gasteiger partial charge >= 0.3 is 19.5 Å². The molecule has 0 aliphatic rings. The van der Waals surface area contributed by atoms with Crippen molar-refractivity contribution < 1.29 is 19.5 Å². The van der Waals surface area contributed by atoms with Gasteiger partial charge in [-0.05, 0) is 0 Å². The fraction of sp³-hybridized carbons (Fsp3) is 0.222. The molecule has 0 heterocycles. The molecule has 0 bridgehead atoms. The van der Waals surface area contributed by atoms with Gasteiger partial charge in [0.25, 0.3) is 0 Å². The Morgan fingerprint density at radius 2 is 1.75 bits per heavy atom. The molecule has 0 aliphatic heterocycles. The van der Waals surface area contributed by atoms with Crippen molar-refractivity contribution in [2.75, 3.05) is 0 Å². The largest absolute Gasteiger partial charge is 2.00 e. The van der Waals surface area contributed by atoms with Gasteiger partial charge in [-0.25, -0.2) is 0 Å². The summed E-state index contributed by atoms with van der Waals surface area (Å²) < 4.78 is 0. The van der Waals surface area contributed by atoms with E-state index in [4.69, 9.17) is 11.6 Å². The van der Waals surface area contributed by atoms with Crippen LogP contribution in [0.15, 0.2) is 24.3 Å². The molecule has 64 valence electrons. The molecule has 3 heteroatoms. The third-order valence-electron chi connectivity index (χ3n) is 0.678. The molecule has 0 aliphatic carbocycles. The van der Waals surface area contributed by atoms with Crippen LogP contribution in [0.1, 0.15) is 13.3 Å². The molecule has 1 aromatic carbocycles. The summed E-state index contributed by atoms with van der Waals surface area (Å²) in [7, 11) is 0. The van der Waals surface area contributed by atoms with Crippen molar-refractivity contribution in [1.29, 1.82) is 0 Å². The normalized spacial score (nSPS) is 6.58. The van der Waals surface area contributed by atoms with E-state index in [2.05, 4.69) is 13.0 Å². The Morgan fingerprint density at radius 3 is 1.92 bits per heavy atom. The van der Waals surface area contributed by atoms with E-state index in [1.165, 1.54) is 0 Å². The van der Waals surface area contributed by atoms with Gasteiger partial charge in [-0.15, -0.1) is 24.0 Å². The average Bonchev–Trinajstić information content (AvgIpc) is 1.91. The maximum absolute atomic E-state index is 5.52. The Balaban J connectivity index is -0.000000146. The monoisotopic (exact) mass is 254 g/mol. The van der Waals surface area contributed by atoms with Crippen LogP contribution in [0.5, 0.6) is 0 Å². The molecule has 1 rings (SSSR count). The Labute approximate surface area is 98.9 Å². The zero-order chi connectivity index (χ0) is 7.82. The fourth-order valence-corrected chi connectivity index (χ4v) is 0.493. The summed E-state index contributed by atoms with van der Waals surface area (Å²) in [6, 6.07) is 10.00. The maximum Gasteiger partial charge on any atom is 2.00 e. The van der Waals surface area contributed by atoms with Crippen molar-refractivity contribution in [3.63, 3.8) is 0 Å². The Kier molecular flexibility index (Phi) is 21.3. The molecule has 0 unspecified atom stereocenters. The first-order valence-corrected chi connectivity index (χ1v) is 3.60. The number of benzene rings is 1. The summed E-state index contributed by atoms with van der Waals surface area (Å²) >= 11 is 5.52. The van der Waals surface area contributed by atoms with Crippen LogP contribution < -0.4 is 0 Å². The first-order valence-electron chi connectivity index (χ1n) is 3.22. The Hall–Kier alpha value is 0.423. The van der Waals surface area contributed by atoms with Gasteiger partial charge in [-0.3, -0.25) is 0 Å². The van der Waals surface area contributed by atoms with Crippen molar-refractivity contribution in [3.8, 4) is 0 Å². The second-order valence-corrected chi connectivity index (χ2v) is 2.15. The second-order valence-electron chi connectivity index (χ2n) is 1.72. The van der Waals surface area contributed by atoms with Gasteiger partial charge in [0, 0.05) is 0 Å². The van der Waals surface area contributed by atoms with Crippen LogP contribution >= 0.6 is 24.0 Å². The van der Waals surface area contributed by atoms with Crippen LogP contribution in [0.25, 0.3) is 0 Å². The van der Waals surface area contributed by atoms with Gasteiger partial charge in [-0.1, -0.05) is 11.9 Å². The van der Waals surface area contributed by atoms with E-state index >= 15 is 0 Å². The van der Waals surface area contributed by atoms with Gasteiger partial charge in [0.2, 0.25) is 0 Å². The minimum atomic E-state index is 0. The molecule has 0 saturated heterocycles. The van der Waals surface area contributed by atoms with Crippen LogP contribution in [0.3, 0.4) is 0 Å². The summed E-state index contributed by atoms with van der Waals surface area (Å²) in [5, 5.41) is 0.763. The number of hydrogen-bond donors (Lipinski definition) is 0. The minimum Gasteiger partial charge on any atom is -0.344 e. The van der Waals surface area contributed by atoms with Crippen LogP contribution in [0, 0.1) is 13.0 Å². The van der Waals surface area contributed by atoms with Gasteiger partial charge in [-0.2, -0.15) is 36.8 Å². The first kappa shape index (κ1) is 18.3. The summed E-state index contributed by atoms with van der Waals surface area (Å²) in [6.45, 7) is 5.50. The molecule has 0 saturated carbocycles. The van der Waals surface area contributed by atoms with E-state index in [9.17, 15) is 0 Å².